The number of alkyl halides is 3. The zero-order valence-electron chi connectivity index (χ0n) is 11.6. The summed E-state index contributed by atoms with van der Waals surface area (Å²) in [4.78, 5) is 15.5. The number of aromatic nitrogens is 1. The van der Waals surface area contributed by atoms with Gasteiger partial charge < -0.3 is 14.8 Å². The van der Waals surface area contributed by atoms with Crippen molar-refractivity contribution < 1.29 is 27.4 Å². The molecule has 1 amide bonds. The van der Waals surface area contributed by atoms with Gasteiger partial charge in [-0.15, -0.1) is 0 Å². The molecule has 21 heavy (non-hydrogen) atoms. The van der Waals surface area contributed by atoms with Gasteiger partial charge in [0.15, 0.2) is 6.61 Å². The molecule has 0 bridgehead atoms. The number of amides is 1. The number of nitrogens with zero attached hydrogens (tertiary/aromatic N) is 1. The van der Waals surface area contributed by atoms with Gasteiger partial charge in [-0.2, -0.15) is 13.2 Å². The van der Waals surface area contributed by atoms with Gasteiger partial charge >= 0.3 is 6.18 Å². The molecular formula is C13H17F3N2O3. The van der Waals surface area contributed by atoms with Crippen LogP contribution in [0.25, 0.3) is 0 Å². The van der Waals surface area contributed by atoms with Crippen molar-refractivity contribution in [3.05, 3.63) is 23.9 Å². The van der Waals surface area contributed by atoms with E-state index in [4.69, 9.17) is 4.74 Å². The number of hydrogen-bond acceptors (Lipinski definition) is 4. The zero-order valence-corrected chi connectivity index (χ0v) is 11.6. The number of methoxy groups -OCH3 is 1. The summed E-state index contributed by atoms with van der Waals surface area (Å²) in [7, 11) is 1.58. The third-order valence-corrected chi connectivity index (χ3v) is 2.45. The molecule has 8 heteroatoms. The highest BCUT2D eigenvalue weighted by Crippen LogP contribution is 2.19. The van der Waals surface area contributed by atoms with E-state index >= 15 is 0 Å². The molecule has 0 saturated heterocycles. The Morgan fingerprint density at radius 1 is 1.38 bits per heavy atom. The number of ether oxygens (including phenoxy) is 2. The maximum absolute atomic E-state index is 12.1. The number of unbranched alkanes of at least 4 members (excludes halogenated alkanes) is 1. The summed E-state index contributed by atoms with van der Waals surface area (Å²) in [6.07, 6.45) is -1.73. The van der Waals surface area contributed by atoms with Crippen LogP contribution in [0.5, 0.6) is 5.88 Å². The van der Waals surface area contributed by atoms with Gasteiger partial charge in [0.25, 0.3) is 5.91 Å². The highest BCUT2D eigenvalue weighted by atomic mass is 19.4. The Morgan fingerprint density at radius 2 is 2.14 bits per heavy atom. The van der Waals surface area contributed by atoms with Crippen LogP contribution >= 0.6 is 0 Å². The number of carbonyl (C=O) groups excluding carboxylic acids is 1. The molecule has 1 N–H and O–H groups in total. The van der Waals surface area contributed by atoms with Crippen LogP contribution in [-0.4, -0.2) is 43.9 Å². The van der Waals surface area contributed by atoms with Crippen LogP contribution in [0.15, 0.2) is 18.3 Å². The molecule has 0 aromatic carbocycles. The Bertz CT molecular complexity index is 453. The lowest BCUT2D eigenvalue weighted by Crippen LogP contribution is -2.26. The minimum Gasteiger partial charge on any atom is -0.467 e. The summed E-state index contributed by atoms with van der Waals surface area (Å²) in [6.45, 7) is -0.503. The Hall–Kier alpha value is -1.83. The second kappa shape index (κ2) is 8.46. The van der Waals surface area contributed by atoms with Gasteiger partial charge in [-0.3, -0.25) is 4.79 Å². The van der Waals surface area contributed by atoms with E-state index in [1.807, 2.05) is 0 Å². The zero-order chi connectivity index (χ0) is 15.7. The van der Waals surface area contributed by atoms with Gasteiger partial charge in [-0.05, 0) is 25.0 Å². The third kappa shape index (κ3) is 6.94. The van der Waals surface area contributed by atoms with E-state index in [9.17, 15) is 18.0 Å². The molecule has 0 aliphatic rings. The maximum Gasteiger partial charge on any atom is 0.422 e. The van der Waals surface area contributed by atoms with Crippen molar-refractivity contribution in [2.45, 2.75) is 19.0 Å². The number of rotatable bonds is 8. The van der Waals surface area contributed by atoms with E-state index in [0.29, 0.717) is 19.6 Å². The monoisotopic (exact) mass is 306 g/mol. The molecule has 0 saturated carbocycles. The maximum atomic E-state index is 12.1. The van der Waals surface area contributed by atoms with E-state index in [1.54, 1.807) is 7.11 Å². The fourth-order valence-corrected chi connectivity index (χ4v) is 1.50. The van der Waals surface area contributed by atoms with Gasteiger partial charge in [0.2, 0.25) is 5.88 Å². The number of halogens is 3. The molecule has 1 aromatic rings. The molecule has 0 aliphatic carbocycles. The molecule has 1 aromatic heterocycles. The van der Waals surface area contributed by atoms with Crippen LogP contribution in [0.1, 0.15) is 23.2 Å². The Balaban J connectivity index is 2.54. The second-order valence-electron chi connectivity index (χ2n) is 4.22. The molecule has 1 heterocycles. The predicted molar refractivity (Wildman–Crippen MR) is 69.2 cm³/mol. The fourth-order valence-electron chi connectivity index (χ4n) is 1.50. The smallest absolute Gasteiger partial charge is 0.422 e. The van der Waals surface area contributed by atoms with E-state index in [0.717, 1.165) is 6.42 Å². The fraction of sp³-hybridized carbons (Fsp3) is 0.538. The van der Waals surface area contributed by atoms with Crippen molar-refractivity contribution in [2.24, 2.45) is 0 Å². The number of carbonyl (C=O) groups is 1. The Morgan fingerprint density at radius 3 is 2.81 bits per heavy atom. The van der Waals surface area contributed by atoms with Crippen molar-refractivity contribution in [3.8, 4) is 5.88 Å². The van der Waals surface area contributed by atoms with E-state index in [2.05, 4.69) is 15.0 Å². The summed E-state index contributed by atoms with van der Waals surface area (Å²) in [6, 6.07) is 2.82. The van der Waals surface area contributed by atoms with Crippen LogP contribution in [0.4, 0.5) is 13.2 Å². The highest BCUT2D eigenvalue weighted by Gasteiger charge is 2.29. The molecular weight excluding hydrogens is 289 g/mol. The molecule has 0 spiro atoms. The standard InChI is InChI=1S/C13H17F3N2O3/c1-20-8-3-2-6-17-11(19)10-5-4-7-18-12(10)21-9-13(14,15)16/h4-5,7H,2-3,6,8-9H2,1H3,(H,17,19). The first kappa shape index (κ1) is 17.2. The van der Waals surface area contributed by atoms with E-state index in [1.165, 1.54) is 18.3 Å². The summed E-state index contributed by atoms with van der Waals surface area (Å²) in [5, 5.41) is 2.60. The van der Waals surface area contributed by atoms with Crippen LogP contribution in [0, 0.1) is 0 Å². The van der Waals surface area contributed by atoms with Crippen LogP contribution < -0.4 is 10.1 Å². The molecule has 0 unspecified atom stereocenters. The normalized spacial score (nSPS) is 11.2. The second-order valence-corrected chi connectivity index (χ2v) is 4.22. The topological polar surface area (TPSA) is 60.5 Å². The first-order chi connectivity index (χ1) is 9.94. The summed E-state index contributed by atoms with van der Waals surface area (Å²) in [5.41, 5.74) is -0.0199. The van der Waals surface area contributed by atoms with Gasteiger partial charge in [0.05, 0.1) is 0 Å². The van der Waals surface area contributed by atoms with Gasteiger partial charge in [-0.25, -0.2) is 4.98 Å². The average Bonchev–Trinajstić information content (AvgIpc) is 2.44. The SMILES string of the molecule is COCCCCNC(=O)c1cccnc1OCC(F)(F)F. The van der Waals surface area contributed by atoms with Crippen molar-refractivity contribution in [1.29, 1.82) is 0 Å². The minimum atomic E-state index is -4.48. The van der Waals surface area contributed by atoms with E-state index in [-0.39, 0.29) is 11.4 Å². The van der Waals surface area contributed by atoms with Crippen LogP contribution in [-0.2, 0) is 4.74 Å². The van der Waals surface area contributed by atoms with Crippen LogP contribution in [0.2, 0.25) is 0 Å². The van der Waals surface area contributed by atoms with Crippen molar-refractivity contribution in [3.63, 3.8) is 0 Å². The van der Waals surface area contributed by atoms with Crippen molar-refractivity contribution >= 4 is 5.91 Å². The lowest BCUT2D eigenvalue weighted by Gasteiger charge is -2.12. The van der Waals surface area contributed by atoms with Crippen molar-refractivity contribution in [1.82, 2.24) is 10.3 Å². The van der Waals surface area contributed by atoms with Gasteiger partial charge in [0.1, 0.15) is 5.56 Å². The van der Waals surface area contributed by atoms with Gasteiger partial charge in [-0.1, -0.05) is 0 Å². The van der Waals surface area contributed by atoms with Crippen molar-refractivity contribution in [2.75, 3.05) is 26.9 Å². The quantitative estimate of drug-likeness (QED) is 0.748. The molecule has 0 aliphatic heterocycles. The predicted octanol–water partition coefficient (Wildman–Crippen LogP) is 2.18. The lowest BCUT2D eigenvalue weighted by molar-refractivity contribution is -0.154. The Labute approximate surface area is 120 Å². The summed E-state index contributed by atoms with van der Waals surface area (Å²) < 4.78 is 45.8. The first-order valence-electron chi connectivity index (χ1n) is 6.36. The number of hydrogen-bond donors (Lipinski definition) is 1. The van der Waals surface area contributed by atoms with Crippen LogP contribution in [0.3, 0.4) is 0 Å². The number of nitrogens with one attached hydrogen (secondary N) is 1. The number of pyridine rings is 1. The largest absolute Gasteiger partial charge is 0.467 e. The van der Waals surface area contributed by atoms with Gasteiger partial charge in [0, 0.05) is 26.5 Å². The molecule has 5 nitrogen and oxygen atoms in total. The summed E-state index contributed by atoms with van der Waals surface area (Å²) >= 11 is 0. The average molecular weight is 306 g/mol. The molecule has 0 atom stereocenters. The summed E-state index contributed by atoms with van der Waals surface area (Å²) in [5.74, 6) is -0.845. The van der Waals surface area contributed by atoms with E-state index < -0.39 is 18.7 Å². The molecule has 1 rings (SSSR count). The highest BCUT2D eigenvalue weighted by molar-refractivity contribution is 5.96. The molecule has 0 radical (unpaired) electrons. The first-order valence-corrected chi connectivity index (χ1v) is 6.36. The molecule has 118 valence electrons. The lowest BCUT2D eigenvalue weighted by atomic mass is 10.2. The third-order valence-electron chi connectivity index (χ3n) is 2.45. The minimum absolute atomic E-state index is 0.0199. The molecule has 0 fully saturated rings. The Kier molecular flexibility index (Phi) is 6.93.